The average molecular weight is 533 g/mol. The number of halogens is 1. The Kier molecular flexibility index (Phi) is 5.32. The summed E-state index contributed by atoms with van der Waals surface area (Å²) >= 11 is 3.38. The van der Waals surface area contributed by atoms with E-state index in [9.17, 15) is 0 Å². The molecule has 0 N–H and O–H groups in total. The normalized spacial score (nSPS) is 10.4. The predicted molar refractivity (Wildman–Crippen MR) is 87.5 cm³/mol. The molecule has 0 atom stereocenters. The van der Waals surface area contributed by atoms with E-state index in [4.69, 9.17) is 0 Å². The van der Waals surface area contributed by atoms with E-state index in [1.165, 1.54) is 16.7 Å². The van der Waals surface area contributed by atoms with E-state index in [1.807, 2.05) is 28.9 Å². The predicted octanol–water partition coefficient (Wildman–Crippen LogP) is 4.42. The van der Waals surface area contributed by atoms with Gasteiger partial charge in [0.1, 0.15) is 0 Å². The fourth-order valence-electron chi connectivity index (χ4n) is 2.66. The SMILES string of the molecule is Cc1cc(C)c(-n2nc(Br)nc2-c2[c-]cccc2)c(C)c1.[Ir]. The second kappa shape index (κ2) is 6.86. The van der Waals surface area contributed by atoms with E-state index in [2.05, 4.69) is 65.0 Å². The molecule has 3 aromatic rings. The van der Waals surface area contributed by atoms with Crippen molar-refractivity contribution in [3.8, 4) is 17.1 Å². The van der Waals surface area contributed by atoms with Crippen LogP contribution in [0.1, 0.15) is 16.7 Å². The summed E-state index contributed by atoms with van der Waals surface area (Å²) in [7, 11) is 0. The molecule has 0 bridgehead atoms. The van der Waals surface area contributed by atoms with Gasteiger partial charge in [-0.1, -0.05) is 17.7 Å². The van der Waals surface area contributed by atoms with Crippen molar-refractivity contribution in [2.24, 2.45) is 0 Å². The van der Waals surface area contributed by atoms with Crippen LogP contribution in [-0.4, -0.2) is 14.8 Å². The Bertz CT molecular complexity index is 774. The van der Waals surface area contributed by atoms with Crippen LogP contribution in [0.5, 0.6) is 0 Å². The second-order valence-electron chi connectivity index (χ2n) is 5.14. The van der Waals surface area contributed by atoms with Gasteiger partial charge in [0.15, 0.2) is 0 Å². The smallest absolute Gasteiger partial charge is 0.208 e. The molecule has 3 nitrogen and oxygen atoms in total. The Morgan fingerprint density at radius 1 is 1.09 bits per heavy atom. The summed E-state index contributed by atoms with van der Waals surface area (Å²) in [5, 5.41) is 4.51. The summed E-state index contributed by atoms with van der Waals surface area (Å²) in [4.78, 5) is 4.50. The molecule has 1 heterocycles. The summed E-state index contributed by atoms with van der Waals surface area (Å²) in [6.45, 7) is 6.31. The molecule has 0 aliphatic rings. The quantitative estimate of drug-likeness (QED) is 0.457. The zero-order valence-corrected chi connectivity index (χ0v) is 16.5. The van der Waals surface area contributed by atoms with Crippen molar-refractivity contribution < 1.29 is 20.1 Å². The molecule has 0 aliphatic heterocycles. The summed E-state index contributed by atoms with van der Waals surface area (Å²) in [5.74, 6) is 0.789. The number of aromatic nitrogens is 3. The molecular weight excluding hydrogens is 518 g/mol. The van der Waals surface area contributed by atoms with Gasteiger partial charge in [0.25, 0.3) is 0 Å². The van der Waals surface area contributed by atoms with Crippen molar-refractivity contribution in [1.29, 1.82) is 0 Å². The number of benzene rings is 2. The van der Waals surface area contributed by atoms with E-state index >= 15 is 0 Å². The van der Waals surface area contributed by atoms with Gasteiger partial charge in [0.05, 0.1) is 11.5 Å². The molecule has 0 aliphatic carbocycles. The first-order chi connectivity index (χ1) is 10.1. The third-order valence-corrected chi connectivity index (χ3v) is 3.71. The van der Waals surface area contributed by atoms with E-state index in [0.717, 1.165) is 17.1 Å². The molecule has 0 amide bonds. The van der Waals surface area contributed by atoms with Gasteiger partial charge in [-0.15, -0.1) is 41.0 Å². The standard InChI is InChI=1S/C17H15BrN3.Ir/c1-11-9-12(2)15(13(3)10-11)21-16(19-17(18)20-21)14-7-5-4-6-8-14;/h4-7,9-10H,1-3H3;/q-1;. The molecular formula is C17H15BrIrN3-. The van der Waals surface area contributed by atoms with E-state index < -0.39 is 0 Å². The maximum atomic E-state index is 4.51. The number of hydrogen-bond donors (Lipinski definition) is 0. The van der Waals surface area contributed by atoms with Gasteiger partial charge >= 0.3 is 0 Å². The minimum atomic E-state index is 0. The Morgan fingerprint density at radius 3 is 2.36 bits per heavy atom. The van der Waals surface area contributed by atoms with Gasteiger partial charge in [0, 0.05) is 20.1 Å². The third kappa shape index (κ3) is 3.22. The van der Waals surface area contributed by atoms with Crippen LogP contribution in [0.4, 0.5) is 0 Å². The second-order valence-corrected chi connectivity index (χ2v) is 5.85. The van der Waals surface area contributed by atoms with Crippen LogP contribution in [-0.2, 0) is 20.1 Å². The fraction of sp³-hybridized carbons (Fsp3) is 0.176. The van der Waals surface area contributed by atoms with E-state index in [0.29, 0.717) is 4.73 Å². The maximum Gasteiger partial charge on any atom is 0.208 e. The van der Waals surface area contributed by atoms with Crippen molar-refractivity contribution in [2.75, 3.05) is 0 Å². The van der Waals surface area contributed by atoms with Crippen molar-refractivity contribution in [2.45, 2.75) is 20.8 Å². The average Bonchev–Trinajstić information content (AvgIpc) is 2.80. The number of aryl methyl sites for hydroxylation is 3. The van der Waals surface area contributed by atoms with E-state index in [-0.39, 0.29) is 20.1 Å². The Balaban J connectivity index is 0.00000176. The van der Waals surface area contributed by atoms with Crippen molar-refractivity contribution >= 4 is 15.9 Å². The molecule has 0 saturated heterocycles. The van der Waals surface area contributed by atoms with Gasteiger partial charge in [-0.25, -0.2) is 0 Å². The fourth-order valence-corrected chi connectivity index (χ4v) is 2.98. The molecule has 0 spiro atoms. The van der Waals surface area contributed by atoms with Crippen LogP contribution in [0.3, 0.4) is 0 Å². The largest absolute Gasteiger partial charge is 0.252 e. The molecule has 0 saturated carbocycles. The molecule has 1 aromatic heterocycles. The summed E-state index contributed by atoms with van der Waals surface area (Å²) in [6.07, 6.45) is 0. The monoisotopic (exact) mass is 533 g/mol. The first-order valence-electron chi connectivity index (χ1n) is 6.74. The van der Waals surface area contributed by atoms with Gasteiger partial charge in [0.2, 0.25) is 4.73 Å². The summed E-state index contributed by atoms with van der Waals surface area (Å²) in [5.41, 5.74) is 5.62. The Labute approximate surface area is 152 Å². The number of nitrogens with zero attached hydrogens (tertiary/aromatic N) is 3. The molecule has 0 unspecified atom stereocenters. The molecule has 0 fully saturated rings. The zero-order valence-electron chi connectivity index (χ0n) is 12.5. The molecule has 2 aromatic carbocycles. The summed E-state index contributed by atoms with van der Waals surface area (Å²) < 4.78 is 2.47. The van der Waals surface area contributed by atoms with Crippen LogP contribution in [0.15, 0.2) is 41.1 Å². The minimum Gasteiger partial charge on any atom is -0.252 e. The molecule has 3 rings (SSSR count). The van der Waals surface area contributed by atoms with Gasteiger partial charge in [-0.3, -0.25) is 9.67 Å². The first-order valence-corrected chi connectivity index (χ1v) is 7.53. The number of rotatable bonds is 2. The third-order valence-electron chi connectivity index (χ3n) is 3.38. The molecule has 5 heteroatoms. The zero-order chi connectivity index (χ0) is 15.0. The molecule has 1 radical (unpaired) electrons. The Morgan fingerprint density at radius 2 is 1.77 bits per heavy atom. The Hall–Kier alpha value is -1.29. The summed E-state index contributed by atoms with van der Waals surface area (Å²) in [6, 6.07) is 15.3. The van der Waals surface area contributed by atoms with Crippen LogP contribution in [0.25, 0.3) is 17.1 Å². The first kappa shape index (κ1) is 17.1. The van der Waals surface area contributed by atoms with Crippen LogP contribution >= 0.6 is 15.9 Å². The maximum absolute atomic E-state index is 4.51. The molecule has 115 valence electrons. The van der Waals surface area contributed by atoms with Crippen LogP contribution in [0.2, 0.25) is 0 Å². The van der Waals surface area contributed by atoms with Crippen LogP contribution in [0, 0.1) is 26.8 Å². The van der Waals surface area contributed by atoms with Gasteiger partial charge < -0.3 is 0 Å². The topological polar surface area (TPSA) is 30.7 Å². The van der Waals surface area contributed by atoms with Gasteiger partial charge in [-0.2, -0.15) is 0 Å². The van der Waals surface area contributed by atoms with Crippen molar-refractivity contribution in [3.05, 3.63) is 63.9 Å². The van der Waals surface area contributed by atoms with Crippen molar-refractivity contribution in [1.82, 2.24) is 14.8 Å². The number of hydrogen-bond acceptors (Lipinski definition) is 2. The van der Waals surface area contributed by atoms with Crippen molar-refractivity contribution in [3.63, 3.8) is 0 Å². The van der Waals surface area contributed by atoms with Crippen LogP contribution < -0.4 is 0 Å². The van der Waals surface area contributed by atoms with Gasteiger partial charge in [-0.05, 0) is 47.8 Å². The minimum absolute atomic E-state index is 0. The van der Waals surface area contributed by atoms with E-state index in [1.54, 1.807) is 0 Å². The molecule has 22 heavy (non-hydrogen) atoms.